The molecule has 0 radical (unpaired) electrons. The molecule has 4 aliphatic rings. The Morgan fingerprint density at radius 3 is 2.13 bits per heavy atom. The zero-order valence-electron chi connectivity index (χ0n) is 40.0. The van der Waals surface area contributed by atoms with Crippen LogP contribution < -0.4 is 10.6 Å². The van der Waals surface area contributed by atoms with E-state index in [2.05, 4.69) is 82.1 Å². The van der Waals surface area contributed by atoms with Crippen molar-refractivity contribution in [2.45, 2.75) is 129 Å². The number of fused-ring (bicyclic) bond motifs is 6. The number of alkyl carbamates (subject to hydrolysis) is 2. The van der Waals surface area contributed by atoms with E-state index in [0.717, 1.165) is 71.6 Å². The van der Waals surface area contributed by atoms with Crippen LogP contribution in [0.3, 0.4) is 0 Å². The molecule has 1 saturated carbocycles. The number of nitrogens with one attached hydrogen (secondary N) is 4. The summed E-state index contributed by atoms with van der Waals surface area (Å²) in [5.74, 6) is 2.45. The number of ether oxygens (including phenoxy) is 2. The third-order valence-corrected chi connectivity index (χ3v) is 15.3. The summed E-state index contributed by atoms with van der Waals surface area (Å²) < 4.78 is 9.70. The molecule has 8 atom stereocenters. The second kappa shape index (κ2) is 18.7. The fourth-order valence-corrected chi connectivity index (χ4v) is 11.4. The van der Waals surface area contributed by atoms with E-state index in [1.807, 2.05) is 50.6 Å². The number of methoxy groups -OCH3 is 2. The average Bonchev–Trinajstić information content (AvgIpc) is 4.22. The van der Waals surface area contributed by atoms with Gasteiger partial charge in [0.05, 0.1) is 49.2 Å². The summed E-state index contributed by atoms with van der Waals surface area (Å²) >= 11 is 0. The lowest BCUT2D eigenvalue weighted by molar-refractivity contribution is -0.136. The van der Waals surface area contributed by atoms with Gasteiger partial charge in [0.2, 0.25) is 5.91 Å². The van der Waals surface area contributed by atoms with E-state index in [-0.39, 0.29) is 41.6 Å². The van der Waals surface area contributed by atoms with Gasteiger partial charge < -0.3 is 34.6 Å². The minimum Gasteiger partial charge on any atom is -0.453 e. The zero-order valence-corrected chi connectivity index (χ0v) is 40.0. The van der Waals surface area contributed by atoms with Gasteiger partial charge in [0.15, 0.2) is 0 Å². The summed E-state index contributed by atoms with van der Waals surface area (Å²) in [5.41, 5.74) is 12.4. The number of carbonyl (C=O) groups is 4. The van der Waals surface area contributed by atoms with Gasteiger partial charge in [0, 0.05) is 12.6 Å². The summed E-state index contributed by atoms with van der Waals surface area (Å²) in [5, 5.41) is 5.45. The van der Waals surface area contributed by atoms with Crippen LogP contribution in [-0.4, -0.2) is 86.6 Å². The van der Waals surface area contributed by atoms with E-state index >= 15 is 0 Å². The molecule has 67 heavy (non-hydrogen) atoms. The molecular formula is C53H64N8O6. The van der Waals surface area contributed by atoms with Gasteiger partial charge in [0.25, 0.3) is 5.91 Å². The van der Waals surface area contributed by atoms with Crippen LogP contribution in [0.5, 0.6) is 0 Å². The number of rotatable bonds is 12. The summed E-state index contributed by atoms with van der Waals surface area (Å²) in [6.45, 7) is 12.4. The van der Waals surface area contributed by atoms with E-state index in [0.29, 0.717) is 29.9 Å². The Morgan fingerprint density at radius 2 is 1.48 bits per heavy atom. The van der Waals surface area contributed by atoms with Crippen molar-refractivity contribution in [2.75, 3.05) is 20.8 Å². The molecule has 0 spiro atoms. The highest BCUT2D eigenvalue weighted by Gasteiger charge is 2.43. The SMILES string of the molecule is CCC(C)[C@H](NC(=O)OC)C(=O)N1C[C@@H](CC)C[C@H]1c1ncc(-c2ccc(-c3ccc(-c4ccc5nc([C@@H]6CC[C@H](C)N6C(=O)C(NC(=O)OC)=C(C)C)[nH]c5c4)c4c3C3CCC4C3)cc2)[nH]1. The van der Waals surface area contributed by atoms with Crippen molar-refractivity contribution in [2.24, 2.45) is 11.8 Å². The number of allylic oxidation sites excluding steroid dienone is 1. The lowest BCUT2D eigenvalue weighted by Gasteiger charge is -2.31. The van der Waals surface area contributed by atoms with Crippen LogP contribution in [0.1, 0.15) is 140 Å². The van der Waals surface area contributed by atoms with Crippen LogP contribution in [0.4, 0.5) is 9.59 Å². The molecule has 2 bridgehead atoms. The highest BCUT2D eigenvalue weighted by molar-refractivity contribution is 5.97. The molecule has 2 aliphatic heterocycles. The number of aromatic nitrogens is 4. The monoisotopic (exact) mass is 908 g/mol. The van der Waals surface area contributed by atoms with Crippen LogP contribution in [0.2, 0.25) is 0 Å². The number of nitrogens with zero attached hydrogens (tertiary/aromatic N) is 4. The van der Waals surface area contributed by atoms with Crippen LogP contribution in [0, 0.1) is 11.8 Å². The van der Waals surface area contributed by atoms with E-state index in [4.69, 9.17) is 19.4 Å². The van der Waals surface area contributed by atoms with Gasteiger partial charge in [-0.1, -0.05) is 76.1 Å². The molecule has 2 aromatic heterocycles. The maximum absolute atomic E-state index is 14.1. The number of amides is 4. The van der Waals surface area contributed by atoms with Crippen molar-refractivity contribution >= 4 is 35.0 Å². The van der Waals surface area contributed by atoms with Gasteiger partial charge in [-0.2, -0.15) is 0 Å². The van der Waals surface area contributed by atoms with Gasteiger partial charge in [-0.3, -0.25) is 14.9 Å². The van der Waals surface area contributed by atoms with Gasteiger partial charge in [-0.05, 0) is 140 Å². The molecule has 2 saturated heterocycles. The second-order valence-corrected chi connectivity index (χ2v) is 19.5. The lowest BCUT2D eigenvalue weighted by atomic mass is 9.81. The van der Waals surface area contributed by atoms with Crippen molar-refractivity contribution in [3.63, 3.8) is 0 Å². The predicted molar refractivity (Wildman–Crippen MR) is 258 cm³/mol. The normalized spacial score (nSPS) is 22.7. The third kappa shape index (κ3) is 8.48. The Bertz CT molecular complexity index is 2730. The molecule has 4 heterocycles. The number of carbonyl (C=O) groups excluding carboxylic acids is 4. The highest BCUT2D eigenvalue weighted by Crippen LogP contribution is 2.58. The summed E-state index contributed by atoms with van der Waals surface area (Å²) in [6, 6.07) is 18.6. The minimum absolute atomic E-state index is 0.0332. The fraction of sp³-hybridized carbons (Fsp3) is 0.472. The molecule has 3 fully saturated rings. The first-order valence-electron chi connectivity index (χ1n) is 24.1. The van der Waals surface area contributed by atoms with Crippen molar-refractivity contribution in [1.82, 2.24) is 40.4 Å². The molecule has 5 aromatic rings. The van der Waals surface area contributed by atoms with E-state index in [1.54, 1.807) is 0 Å². The number of hydrogen-bond acceptors (Lipinski definition) is 8. The third-order valence-electron chi connectivity index (χ3n) is 15.3. The molecule has 4 amide bonds. The lowest BCUT2D eigenvalue weighted by Crippen LogP contribution is -2.51. The van der Waals surface area contributed by atoms with E-state index in [9.17, 15) is 19.2 Å². The summed E-state index contributed by atoms with van der Waals surface area (Å²) in [6.07, 6.45) is 8.21. The maximum Gasteiger partial charge on any atom is 0.411 e. The summed E-state index contributed by atoms with van der Waals surface area (Å²) in [7, 11) is 2.61. The van der Waals surface area contributed by atoms with Crippen LogP contribution >= 0.6 is 0 Å². The van der Waals surface area contributed by atoms with Crippen molar-refractivity contribution in [1.29, 1.82) is 0 Å². The van der Waals surface area contributed by atoms with Crippen LogP contribution in [-0.2, 0) is 19.1 Å². The molecule has 14 heteroatoms. The highest BCUT2D eigenvalue weighted by atomic mass is 16.5. The molecule has 3 aromatic carbocycles. The van der Waals surface area contributed by atoms with Gasteiger partial charge in [-0.15, -0.1) is 0 Å². The number of hydrogen-bond donors (Lipinski definition) is 4. The largest absolute Gasteiger partial charge is 0.453 e. The average molecular weight is 909 g/mol. The molecule has 4 N–H and O–H groups in total. The number of H-pyrrole nitrogens is 2. The number of likely N-dealkylation sites (tertiary alicyclic amines) is 2. The second-order valence-electron chi connectivity index (χ2n) is 19.5. The molecule has 2 aliphatic carbocycles. The Morgan fingerprint density at radius 1 is 0.806 bits per heavy atom. The topological polar surface area (TPSA) is 175 Å². The Hall–Kier alpha value is -6.44. The van der Waals surface area contributed by atoms with Gasteiger partial charge in [-0.25, -0.2) is 19.6 Å². The molecule has 3 unspecified atom stereocenters. The van der Waals surface area contributed by atoms with Crippen molar-refractivity contribution < 1.29 is 28.7 Å². The Kier molecular flexibility index (Phi) is 12.7. The van der Waals surface area contributed by atoms with Crippen LogP contribution in [0.15, 0.2) is 72.1 Å². The number of benzene rings is 3. The first kappa shape index (κ1) is 45.7. The number of imidazole rings is 2. The minimum atomic E-state index is -0.684. The first-order valence-corrected chi connectivity index (χ1v) is 24.1. The maximum atomic E-state index is 14.1. The van der Waals surface area contributed by atoms with Gasteiger partial charge in [0.1, 0.15) is 23.4 Å². The summed E-state index contributed by atoms with van der Waals surface area (Å²) in [4.78, 5) is 73.3. The molecule has 9 rings (SSSR count). The van der Waals surface area contributed by atoms with E-state index < -0.39 is 18.2 Å². The quantitative estimate of drug-likeness (QED) is 0.0895. The zero-order chi connectivity index (χ0) is 47.3. The molecular weight excluding hydrogens is 845 g/mol. The fourth-order valence-electron chi connectivity index (χ4n) is 11.4. The Labute approximate surface area is 392 Å². The predicted octanol–water partition coefficient (Wildman–Crippen LogP) is 10.4. The van der Waals surface area contributed by atoms with E-state index in [1.165, 1.54) is 61.3 Å². The standard InChI is InChI=1S/C53H64N8O6/c1-9-29(5)47(59-53(65)67-8)50(62)60-27-31(10-2)23-43(60)48-54-26-41(57-48)33-14-12-32(13-15-33)37-19-20-38(45-36-17-16-35(24-36)44(37)45)34-18-21-39-40(25-34)56-49(55-39)42-22-11-30(6)61(42)51(63)46(28(3)4)58-52(64)66-7/h12-15,18-21,25-26,29-31,35-36,42-43,47H,9-11,16-17,22-24,27H2,1-8H3,(H,54,57)(H,55,56)(H,58,64)(H,59,65)/t29?,30-,31-,35?,36?,42-,43-,47-/m0/s1. The first-order chi connectivity index (χ1) is 32.3. The Balaban J connectivity index is 0.965. The molecule has 14 nitrogen and oxygen atoms in total. The molecule has 352 valence electrons. The number of aromatic amines is 2. The smallest absolute Gasteiger partial charge is 0.411 e. The van der Waals surface area contributed by atoms with Gasteiger partial charge >= 0.3 is 12.2 Å². The van der Waals surface area contributed by atoms with Crippen molar-refractivity contribution in [3.8, 4) is 33.5 Å². The van der Waals surface area contributed by atoms with Crippen molar-refractivity contribution in [3.05, 3.63) is 94.8 Å². The van der Waals surface area contributed by atoms with Crippen LogP contribution in [0.25, 0.3) is 44.5 Å².